The summed E-state index contributed by atoms with van der Waals surface area (Å²) in [7, 11) is 4.05. The first kappa shape index (κ1) is 22.1. The van der Waals surface area contributed by atoms with Gasteiger partial charge in [-0.25, -0.2) is 5.43 Å². The summed E-state index contributed by atoms with van der Waals surface area (Å²) in [6, 6.07) is 12.2. The van der Waals surface area contributed by atoms with Crippen molar-refractivity contribution >= 4 is 29.6 Å². The smallest absolute Gasteiger partial charge is 0.250 e. The lowest BCUT2D eigenvalue weighted by atomic mass is 9.95. The number of thioether (sulfide) groups is 1. The number of nitrogens with one attached hydrogen (secondary N) is 1. The molecule has 0 saturated heterocycles. The van der Waals surface area contributed by atoms with Crippen LogP contribution in [0.5, 0.6) is 0 Å². The average molecular weight is 453 g/mol. The molecule has 1 aliphatic carbocycles. The average Bonchev–Trinajstić information content (AvgIpc) is 3.48. The van der Waals surface area contributed by atoms with Gasteiger partial charge in [-0.2, -0.15) is 5.10 Å². The minimum Gasteiger partial charge on any atom is -0.463 e. The van der Waals surface area contributed by atoms with E-state index in [9.17, 15) is 4.79 Å². The summed E-state index contributed by atoms with van der Waals surface area (Å²) < 4.78 is 7.39. The van der Waals surface area contributed by atoms with Gasteiger partial charge in [0, 0.05) is 31.4 Å². The van der Waals surface area contributed by atoms with Crippen LogP contribution in [0.1, 0.15) is 43.9 Å². The molecular formula is C23H28N6O2S. The van der Waals surface area contributed by atoms with Gasteiger partial charge in [0.25, 0.3) is 5.91 Å². The Bertz CT molecular complexity index is 1040. The number of hydrazone groups is 1. The number of carbonyl (C=O) groups excluding carboxylic acids is 1. The second-order valence-electron chi connectivity index (χ2n) is 8.01. The van der Waals surface area contributed by atoms with Crippen LogP contribution in [0.3, 0.4) is 0 Å². The number of hydrogen-bond acceptors (Lipinski definition) is 7. The van der Waals surface area contributed by atoms with Crippen LogP contribution in [0.15, 0.2) is 57.3 Å². The van der Waals surface area contributed by atoms with Crippen molar-refractivity contribution in [2.75, 3.05) is 24.7 Å². The highest BCUT2D eigenvalue weighted by Gasteiger charge is 2.24. The summed E-state index contributed by atoms with van der Waals surface area (Å²) in [5.41, 5.74) is 4.71. The van der Waals surface area contributed by atoms with Gasteiger partial charge in [-0.3, -0.25) is 9.36 Å². The molecule has 1 aliphatic rings. The van der Waals surface area contributed by atoms with Gasteiger partial charge in [0.1, 0.15) is 5.76 Å². The molecule has 1 fully saturated rings. The van der Waals surface area contributed by atoms with Crippen molar-refractivity contribution in [2.24, 2.45) is 5.10 Å². The monoisotopic (exact) mass is 452 g/mol. The van der Waals surface area contributed by atoms with E-state index in [1.54, 1.807) is 18.4 Å². The summed E-state index contributed by atoms with van der Waals surface area (Å²) in [5.74, 6) is 1.45. The fourth-order valence-electron chi connectivity index (χ4n) is 3.84. The van der Waals surface area contributed by atoms with Crippen molar-refractivity contribution in [3.63, 3.8) is 0 Å². The van der Waals surface area contributed by atoms with Crippen molar-refractivity contribution in [2.45, 2.75) is 43.3 Å². The topological polar surface area (TPSA) is 88.6 Å². The van der Waals surface area contributed by atoms with Crippen molar-refractivity contribution in [3.05, 3.63) is 48.4 Å². The van der Waals surface area contributed by atoms with Gasteiger partial charge < -0.3 is 9.32 Å². The van der Waals surface area contributed by atoms with Crippen LogP contribution in [0.2, 0.25) is 0 Å². The third-order valence-electron chi connectivity index (χ3n) is 5.50. The summed E-state index contributed by atoms with van der Waals surface area (Å²) in [4.78, 5) is 14.3. The molecule has 168 valence electrons. The third-order valence-corrected chi connectivity index (χ3v) is 6.45. The zero-order valence-corrected chi connectivity index (χ0v) is 19.2. The highest BCUT2D eigenvalue weighted by Crippen LogP contribution is 2.35. The summed E-state index contributed by atoms with van der Waals surface area (Å²) >= 11 is 1.39. The highest BCUT2D eigenvalue weighted by atomic mass is 32.2. The lowest BCUT2D eigenvalue weighted by Gasteiger charge is -2.25. The predicted molar refractivity (Wildman–Crippen MR) is 127 cm³/mol. The Labute approximate surface area is 192 Å². The van der Waals surface area contributed by atoms with Gasteiger partial charge in [0.05, 0.1) is 18.2 Å². The molecular weight excluding hydrogens is 424 g/mol. The molecule has 1 aromatic carbocycles. The van der Waals surface area contributed by atoms with E-state index in [0.717, 1.165) is 35.1 Å². The van der Waals surface area contributed by atoms with Gasteiger partial charge in [0.15, 0.2) is 11.0 Å². The Morgan fingerprint density at radius 2 is 2.00 bits per heavy atom. The molecule has 4 rings (SSSR count). The number of furan rings is 1. The van der Waals surface area contributed by atoms with E-state index in [0.29, 0.717) is 11.8 Å². The minimum absolute atomic E-state index is 0.201. The molecule has 1 N–H and O–H groups in total. The highest BCUT2D eigenvalue weighted by molar-refractivity contribution is 7.99. The molecule has 3 aromatic rings. The molecule has 0 aliphatic heterocycles. The minimum atomic E-state index is -0.201. The molecule has 9 heteroatoms. The van der Waals surface area contributed by atoms with E-state index in [2.05, 4.69) is 54.5 Å². The first-order chi connectivity index (χ1) is 15.6. The molecule has 0 bridgehead atoms. The van der Waals surface area contributed by atoms with Gasteiger partial charge >= 0.3 is 0 Å². The van der Waals surface area contributed by atoms with Crippen LogP contribution < -0.4 is 10.3 Å². The normalized spacial score (nSPS) is 14.7. The second-order valence-corrected chi connectivity index (χ2v) is 8.95. The van der Waals surface area contributed by atoms with E-state index >= 15 is 0 Å². The van der Waals surface area contributed by atoms with Crippen LogP contribution >= 0.6 is 11.8 Å². The first-order valence-corrected chi connectivity index (χ1v) is 11.8. The zero-order valence-electron chi connectivity index (χ0n) is 18.4. The molecule has 0 atom stereocenters. The fourth-order valence-corrected chi connectivity index (χ4v) is 4.64. The largest absolute Gasteiger partial charge is 0.463 e. The Balaban J connectivity index is 1.49. The second kappa shape index (κ2) is 10.5. The molecule has 2 aromatic heterocycles. The van der Waals surface area contributed by atoms with E-state index in [-0.39, 0.29) is 11.7 Å². The van der Waals surface area contributed by atoms with Crippen LogP contribution in [-0.4, -0.2) is 46.7 Å². The van der Waals surface area contributed by atoms with Crippen LogP contribution in [-0.2, 0) is 4.79 Å². The maximum Gasteiger partial charge on any atom is 0.250 e. The maximum absolute atomic E-state index is 12.3. The van der Waals surface area contributed by atoms with Gasteiger partial charge in [0.2, 0.25) is 0 Å². The SMILES string of the molecule is CN(C)c1ccc(-c2nnc(SCC(=O)NN=Cc3ccco3)n2C2CCCCC2)cc1. The number of benzene rings is 1. The number of aromatic nitrogens is 3. The van der Waals surface area contributed by atoms with E-state index in [1.165, 1.54) is 37.2 Å². The molecule has 8 nitrogen and oxygen atoms in total. The molecule has 1 saturated carbocycles. The Morgan fingerprint density at radius 3 is 2.69 bits per heavy atom. The maximum atomic E-state index is 12.3. The summed E-state index contributed by atoms with van der Waals surface area (Å²) in [6.45, 7) is 0. The number of amides is 1. The predicted octanol–water partition coefficient (Wildman–Crippen LogP) is 4.35. The van der Waals surface area contributed by atoms with Crippen LogP contribution in [0.25, 0.3) is 11.4 Å². The first-order valence-electron chi connectivity index (χ1n) is 10.8. The van der Waals surface area contributed by atoms with E-state index < -0.39 is 0 Å². The standard InChI is InChI=1S/C23H28N6O2S/c1-28(2)18-12-10-17(11-13-18)22-26-27-23(29(22)19-7-4-3-5-8-19)32-16-21(30)25-24-15-20-9-6-14-31-20/h6,9-15,19H,3-5,7-8,16H2,1-2H3,(H,25,30). The number of anilines is 1. The van der Waals surface area contributed by atoms with Crippen molar-refractivity contribution in [1.82, 2.24) is 20.2 Å². The number of rotatable bonds is 8. The molecule has 0 unspecified atom stereocenters. The molecule has 1 amide bonds. The summed E-state index contributed by atoms with van der Waals surface area (Å²) in [6.07, 6.45) is 8.92. The quantitative estimate of drug-likeness (QED) is 0.310. The Kier molecular flexibility index (Phi) is 7.26. The summed E-state index contributed by atoms with van der Waals surface area (Å²) in [5, 5.41) is 13.7. The van der Waals surface area contributed by atoms with Crippen LogP contribution in [0, 0.1) is 0 Å². The lowest BCUT2D eigenvalue weighted by molar-refractivity contribution is -0.118. The van der Waals surface area contributed by atoms with Gasteiger partial charge in [-0.15, -0.1) is 10.2 Å². The zero-order chi connectivity index (χ0) is 22.3. The van der Waals surface area contributed by atoms with Crippen molar-refractivity contribution in [3.8, 4) is 11.4 Å². The van der Waals surface area contributed by atoms with Crippen LogP contribution in [0.4, 0.5) is 5.69 Å². The number of carbonyl (C=O) groups is 1. The lowest BCUT2D eigenvalue weighted by Crippen LogP contribution is -2.20. The fraction of sp³-hybridized carbons (Fsp3) is 0.391. The number of nitrogens with zero attached hydrogens (tertiary/aromatic N) is 5. The van der Waals surface area contributed by atoms with E-state index in [1.807, 2.05) is 14.1 Å². The third kappa shape index (κ3) is 5.40. The van der Waals surface area contributed by atoms with Crippen molar-refractivity contribution in [1.29, 1.82) is 0 Å². The molecule has 2 heterocycles. The molecule has 32 heavy (non-hydrogen) atoms. The number of hydrogen-bond donors (Lipinski definition) is 1. The molecule has 0 spiro atoms. The van der Waals surface area contributed by atoms with Crippen molar-refractivity contribution < 1.29 is 9.21 Å². The molecule has 0 radical (unpaired) electrons. The van der Waals surface area contributed by atoms with Gasteiger partial charge in [-0.1, -0.05) is 31.0 Å². The Hall–Kier alpha value is -3.07. The van der Waals surface area contributed by atoms with Gasteiger partial charge in [-0.05, 0) is 49.2 Å². The Morgan fingerprint density at radius 1 is 1.22 bits per heavy atom. The van der Waals surface area contributed by atoms with E-state index in [4.69, 9.17) is 4.42 Å².